The first-order chi connectivity index (χ1) is 11.3. The number of likely N-dealkylation sites (tertiary alicyclic amines) is 1. The molecular formula is C17H34N4O2S. The van der Waals surface area contributed by atoms with Gasteiger partial charge < -0.3 is 10.6 Å². The van der Waals surface area contributed by atoms with Crippen molar-refractivity contribution in [1.82, 2.24) is 15.5 Å². The molecule has 0 aromatic rings. The summed E-state index contributed by atoms with van der Waals surface area (Å²) >= 11 is 0. The highest BCUT2D eigenvalue weighted by atomic mass is 32.2. The summed E-state index contributed by atoms with van der Waals surface area (Å²) in [5.41, 5.74) is 0.0550. The molecule has 0 spiro atoms. The molecule has 2 rings (SSSR count). The van der Waals surface area contributed by atoms with Crippen LogP contribution in [0.1, 0.15) is 46.5 Å². The number of rotatable bonds is 6. The molecule has 2 aliphatic rings. The van der Waals surface area contributed by atoms with E-state index in [1.165, 1.54) is 19.3 Å². The third kappa shape index (κ3) is 5.92. The van der Waals surface area contributed by atoms with Gasteiger partial charge in [-0.05, 0) is 59.0 Å². The summed E-state index contributed by atoms with van der Waals surface area (Å²) in [6, 6.07) is 0. The van der Waals surface area contributed by atoms with E-state index in [4.69, 9.17) is 4.99 Å². The van der Waals surface area contributed by atoms with Crippen molar-refractivity contribution < 1.29 is 8.42 Å². The molecule has 0 aromatic heterocycles. The maximum atomic E-state index is 11.6. The number of nitrogens with zero attached hydrogens (tertiary/aromatic N) is 2. The van der Waals surface area contributed by atoms with Crippen molar-refractivity contribution in [1.29, 1.82) is 0 Å². The van der Waals surface area contributed by atoms with Gasteiger partial charge in [0.25, 0.3) is 0 Å². The van der Waals surface area contributed by atoms with Crippen LogP contribution in [0.5, 0.6) is 0 Å². The van der Waals surface area contributed by atoms with Crippen LogP contribution in [-0.2, 0) is 9.84 Å². The Kier molecular flexibility index (Phi) is 6.92. The molecule has 2 aliphatic heterocycles. The molecule has 2 heterocycles. The van der Waals surface area contributed by atoms with E-state index in [2.05, 4.69) is 29.4 Å². The fourth-order valence-electron chi connectivity index (χ4n) is 3.49. The summed E-state index contributed by atoms with van der Waals surface area (Å²) in [5.74, 6) is 1.63. The van der Waals surface area contributed by atoms with E-state index in [1.54, 1.807) is 0 Å². The van der Waals surface area contributed by atoms with Crippen molar-refractivity contribution in [3.05, 3.63) is 0 Å². The maximum Gasteiger partial charge on any atom is 0.191 e. The van der Waals surface area contributed by atoms with Gasteiger partial charge in [0, 0.05) is 18.6 Å². The smallest absolute Gasteiger partial charge is 0.191 e. The Labute approximate surface area is 147 Å². The minimum atomic E-state index is -2.81. The minimum Gasteiger partial charge on any atom is -0.357 e. The molecule has 2 fully saturated rings. The SMILES string of the molecule is CCNC(=NCC(C)(C)N1CCCCC1)NCC1CCS(=O)(=O)C1. The lowest BCUT2D eigenvalue weighted by Gasteiger charge is -2.40. The molecule has 7 heteroatoms. The molecule has 1 atom stereocenters. The summed E-state index contributed by atoms with van der Waals surface area (Å²) in [6.45, 7) is 11.1. The van der Waals surface area contributed by atoms with Gasteiger partial charge in [0.15, 0.2) is 15.8 Å². The zero-order chi connectivity index (χ0) is 17.6. The lowest BCUT2D eigenvalue weighted by atomic mass is 9.99. The molecule has 24 heavy (non-hydrogen) atoms. The molecule has 1 unspecified atom stereocenters. The van der Waals surface area contributed by atoms with Crippen molar-refractivity contribution in [3.63, 3.8) is 0 Å². The van der Waals surface area contributed by atoms with E-state index in [1.807, 2.05) is 6.92 Å². The van der Waals surface area contributed by atoms with Crippen LogP contribution in [0.15, 0.2) is 4.99 Å². The summed E-state index contributed by atoms with van der Waals surface area (Å²) in [4.78, 5) is 7.30. The summed E-state index contributed by atoms with van der Waals surface area (Å²) in [6.07, 6.45) is 4.65. The molecule has 0 bridgehead atoms. The normalized spacial score (nSPS) is 25.6. The van der Waals surface area contributed by atoms with Gasteiger partial charge in [-0.25, -0.2) is 8.42 Å². The first-order valence-corrected chi connectivity index (χ1v) is 11.1. The van der Waals surface area contributed by atoms with Crippen LogP contribution in [-0.4, -0.2) is 69.0 Å². The summed E-state index contributed by atoms with van der Waals surface area (Å²) in [5, 5.41) is 6.61. The van der Waals surface area contributed by atoms with Crippen LogP contribution in [0.25, 0.3) is 0 Å². The Morgan fingerprint density at radius 2 is 1.92 bits per heavy atom. The van der Waals surface area contributed by atoms with E-state index in [0.717, 1.165) is 38.6 Å². The molecule has 0 aliphatic carbocycles. The Bertz CT molecular complexity index is 525. The topological polar surface area (TPSA) is 73.8 Å². The van der Waals surface area contributed by atoms with Crippen LogP contribution < -0.4 is 10.6 Å². The highest BCUT2D eigenvalue weighted by Gasteiger charge is 2.29. The monoisotopic (exact) mass is 358 g/mol. The highest BCUT2D eigenvalue weighted by molar-refractivity contribution is 7.91. The van der Waals surface area contributed by atoms with Gasteiger partial charge in [-0.15, -0.1) is 0 Å². The molecule has 2 N–H and O–H groups in total. The molecule has 140 valence electrons. The molecule has 0 aromatic carbocycles. The van der Waals surface area contributed by atoms with Crippen molar-refractivity contribution >= 4 is 15.8 Å². The predicted molar refractivity (Wildman–Crippen MR) is 100 cm³/mol. The molecule has 0 amide bonds. The number of guanidine groups is 1. The second-order valence-electron chi connectivity index (χ2n) is 7.71. The van der Waals surface area contributed by atoms with Crippen molar-refractivity contribution in [3.8, 4) is 0 Å². The molecule has 0 saturated carbocycles. The van der Waals surface area contributed by atoms with Gasteiger partial charge in [-0.1, -0.05) is 6.42 Å². The minimum absolute atomic E-state index is 0.0550. The molecule has 6 nitrogen and oxygen atoms in total. The van der Waals surface area contributed by atoms with Crippen LogP contribution in [0.2, 0.25) is 0 Å². The van der Waals surface area contributed by atoms with Crippen molar-refractivity contribution in [2.24, 2.45) is 10.9 Å². The van der Waals surface area contributed by atoms with Gasteiger partial charge in [-0.2, -0.15) is 0 Å². The van der Waals surface area contributed by atoms with E-state index in [0.29, 0.717) is 18.1 Å². The number of aliphatic imine (C=N–C) groups is 1. The fraction of sp³-hybridized carbons (Fsp3) is 0.941. The van der Waals surface area contributed by atoms with E-state index in [9.17, 15) is 8.42 Å². The summed E-state index contributed by atoms with van der Waals surface area (Å²) < 4.78 is 23.1. The van der Waals surface area contributed by atoms with Crippen LogP contribution in [0.4, 0.5) is 0 Å². The van der Waals surface area contributed by atoms with Gasteiger partial charge in [-0.3, -0.25) is 9.89 Å². The average Bonchev–Trinajstić information content (AvgIpc) is 2.90. The predicted octanol–water partition coefficient (Wildman–Crippen LogP) is 1.24. The number of nitrogens with one attached hydrogen (secondary N) is 2. The van der Waals surface area contributed by atoms with Gasteiger partial charge in [0.05, 0.1) is 18.1 Å². The lowest BCUT2D eigenvalue weighted by molar-refractivity contribution is 0.102. The quantitative estimate of drug-likeness (QED) is 0.552. The van der Waals surface area contributed by atoms with Crippen LogP contribution in [0.3, 0.4) is 0 Å². The number of hydrogen-bond acceptors (Lipinski definition) is 4. The summed E-state index contributed by atoms with van der Waals surface area (Å²) in [7, 11) is -2.81. The third-order valence-electron chi connectivity index (χ3n) is 5.07. The number of sulfone groups is 1. The van der Waals surface area contributed by atoms with E-state index < -0.39 is 9.84 Å². The molecular weight excluding hydrogens is 324 g/mol. The largest absolute Gasteiger partial charge is 0.357 e. The zero-order valence-corrected chi connectivity index (χ0v) is 16.3. The second kappa shape index (κ2) is 8.52. The average molecular weight is 359 g/mol. The van der Waals surface area contributed by atoms with Crippen LogP contribution >= 0.6 is 0 Å². The van der Waals surface area contributed by atoms with Crippen LogP contribution in [0, 0.1) is 5.92 Å². The first kappa shape index (κ1) is 19.5. The van der Waals surface area contributed by atoms with Gasteiger partial charge in [0.1, 0.15) is 0 Å². The lowest BCUT2D eigenvalue weighted by Crippen LogP contribution is -2.49. The van der Waals surface area contributed by atoms with Gasteiger partial charge >= 0.3 is 0 Å². The second-order valence-corrected chi connectivity index (χ2v) is 9.93. The standard InChI is InChI=1S/C17H34N4O2S/c1-4-18-16(19-12-15-8-11-24(22,23)13-15)20-14-17(2,3)21-9-6-5-7-10-21/h15H,4-14H2,1-3H3,(H2,18,19,20). The highest BCUT2D eigenvalue weighted by Crippen LogP contribution is 2.21. The Morgan fingerprint density at radius 1 is 1.21 bits per heavy atom. The fourth-order valence-corrected chi connectivity index (χ4v) is 5.35. The van der Waals surface area contributed by atoms with Crippen molar-refractivity contribution in [2.75, 3.05) is 44.2 Å². The molecule has 2 saturated heterocycles. The zero-order valence-electron chi connectivity index (χ0n) is 15.5. The Morgan fingerprint density at radius 3 is 2.50 bits per heavy atom. The maximum absolute atomic E-state index is 11.6. The number of hydrogen-bond donors (Lipinski definition) is 2. The third-order valence-corrected chi connectivity index (χ3v) is 6.90. The first-order valence-electron chi connectivity index (χ1n) is 9.30. The van der Waals surface area contributed by atoms with Crippen molar-refractivity contribution in [2.45, 2.75) is 52.0 Å². The van der Waals surface area contributed by atoms with Gasteiger partial charge in [0.2, 0.25) is 0 Å². The molecule has 0 radical (unpaired) electrons. The number of piperidine rings is 1. The Balaban J connectivity index is 1.87. The van der Waals surface area contributed by atoms with E-state index in [-0.39, 0.29) is 11.5 Å². The van der Waals surface area contributed by atoms with E-state index >= 15 is 0 Å². The Hall–Kier alpha value is -0.820.